The molecule has 0 spiro atoms. The number of hydrazone groups is 1. The standard InChI is InChI=1S/C17H17FN2O2/c1-12-3-4-13(2)14(9-12)10-19-20-17(21)11-22-16-7-5-15(18)6-8-16/h3-10H,11H2,1-2H3,(H,20,21)/b19-10+. The van der Waals surface area contributed by atoms with Gasteiger partial charge in [0.05, 0.1) is 6.21 Å². The normalized spacial score (nSPS) is 10.7. The Bertz CT molecular complexity index is 682. The number of hydrogen-bond donors (Lipinski definition) is 1. The Morgan fingerprint density at radius 1 is 1.23 bits per heavy atom. The minimum atomic E-state index is -0.383. The van der Waals surface area contributed by atoms with E-state index in [4.69, 9.17) is 4.74 Å². The van der Waals surface area contributed by atoms with Crippen molar-refractivity contribution in [1.29, 1.82) is 0 Å². The van der Waals surface area contributed by atoms with Gasteiger partial charge in [0, 0.05) is 0 Å². The summed E-state index contributed by atoms with van der Waals surface area (Å²) in [5, 5.41) is 3.91. The third kappa shape index (κ3) is 4.70. The van der Waals surface area contributed by atoms with Crippen LogP contribution in [0.15, 0.2) is 47.6 Å². The molecule has 0 aliphatic heterocycles. The van der Waals surface area contributed by atoms with Gasteiger partial charge in [0.1, 0.15) is 11.6 Å². The molecule has 5 heteroatoms. The Balaban J connectivity index is 1.83. The van der Waals surface area contributed by atoms with Crippen molar-refractivity contribution in [2.75, 3.05) is 6.61 Å². The second-order valence-electron chi connectivity index (χ2n) is 4.90. The van der Waals surface area contributed by atoms with Crippen LogP contribution in [-0.2, 0) is 4.79 Å². The molecule has 1 N–H and O–H groups in total. The Morgan fingerprint density at radius 3 is 2.68 bits per heavy atom. The minimum Gasteiger partial charge on any atom is -0.484 e. The molecule has 22 heavy (non-hydrogen) atoms. The molecule has 0 unspecified atom stereocenters. The molecule has 0 aliphatic rings. The molecule has 4 nitrogen and oxygen atoms in total. The number of aryl methyl sites for hydroxylation is 2. The van der Waals surface area contributed by atoms with Gasteiger partial charge < -0.3 is 4.74 Å². The highest BCUT2D eigenvalue weighted by Crippen LogP contribution is 2.10. The van der Waals surface area contributed by atoms with Crippen LogP contribution in [0.4, 0.5) is 4.39 Å². The fourth-order valence-corrected chi connectivity index (χ4v) is 1.78. The van der Waals surface area contributed by atoms with Crippen LogP contribution < -0.4 is 10.2 Å². The summed E-state index contributed by atoms with van der Waals surface area (Å²) in [7, 11) is 0. The van der Waals surface area contributed by atoms with E-state index in [2.05, 4.69) is 10.5 Å². The first-order chi connectivity index (χ1) is 10.5. The van der Waals surface area contributed by atoms with E-state index < -0.39 is 0 Å². The monoisotopic (exact) mass is 300 g/mol. The molecule has 0 saturated heterocycles. The van der Waals surface area contributed by atoms with Crippen molar-refractivity contribution in [3.8, 4) is 5.75 Å². The molecule has 0 saturated carbocycles. The number of amides is 1. The van der Waals surface area contributed by atoms with Gasteiger partial charge in [-0.15, -0.1) is 0 Å². The largest absolute Gasteiger partial charge is 0.484 e. The third-order valence-corrected chi connectivity index (χ3v) is 3.01. The van der Waals surface area contributed by atoms with Gasteiger partial charge in [-0.3, -0.25) is 4.79 Å². The number of nitrogens with zero attached hydrogens (tertiary/aromatic N) is 1. The first kappa shape index (κ1) is 15.7. The molecule has 0 fully saturated rings. The van der Waals surface area contributed by atoms with Crippen molar-refractivity contribution in [2.24, 2.45) is 5.10 Å². The zero-order chi connectivity index (χ0) is 15.9. The average Bonchev–Trinajstić information content (AvgIpc) is 2.50. The second-order valence-corrected chi connectivity index (χ2v) is 4.90. The predicted molar refractivity (Wildman–Crippen MR) is 83.5 cm³/mol. The highest BCUT2D eigenvalue weighted by Gasteiger charge is 2.02. The third-order valence-electron chi connectivity index (χ3n) is 3.01. The molecule has 0 aromatic heterocycles. The lowest BCUT2D eigenvalue weighted by atomic mass is 10.1. The summed E-state index contributed by atoms with van der Waals surface area (Å²) in [4.78, 5) is 11.6. The van der Waals surface area contributed by atoms with Crippen LogP contribution in [0.2, 0.25) is 0 Å². The smallest absolute Gasteiger partial charge is 0.277 e. The van der Waals surface area contributed by atoms with E-state index in [-0.39, 0.29) is 18.3 Å². The van der Waals surface area contributed by atoms with Crippen LogP contribution in [0.25, 0.3) is 0 Å². The maximum atomic E-state index is 12.7. The summed E-state index contributed by atoms with van der Waals surface area (Å²) >= 11 is 0. The molecular weight excluding hydrogens is 283 g/mol. The highest BCUT2D eigenvalue weighted by molar-refractivity contribution is 5.84. The van der Waals surface area contributed by atoms with E-state index in [1.807, 2.05) is 32.0 Å². The summed E-state index contributed by atoms with van der Waals surface area (Å²) < 4.78 is 17.9. The maximum absolute atomic E-state index is 12.7. The van der Waals surface area contributed by atoms with E-state index in [1.165, 1.54) is 24.3 Å². The van der Waals surface area contributed by atoms with Gasteiger partial charge in [0.15, 0.2) is 6.61 Å². The van der Waals surface area contributed by atoms with Crippen molar-refractivity contribution in [1.82, 2.24) is 5.43 Å². The topological polar surface area (TPSA) is 50.7 Å². The first-order valence-electron chi connectivity index (χ1n) is 6.82. The van der Waals surface area contributed by atoms with Crippen LogP contribution in [0.1, 0.15) is 16.7 Å². The lowest BCUT2D eigenvalue weighted by molar-refractivity contribution is -0.123. The van der Waals surface area contributed by atoms with E-state index in [0.717, 1.165) is 16.7 Å². The van der Waals surface area contributed by atoms with Crippen molar-refractivity contribution in [2.45, 2.75) is 13.8 Å². The fourth-order valence-electron chi connectivity index (χ4n) is 1.78. The van der Waals surface area contributed by atoms with Gasteiger partial charge in [-0.05, 0) is 49.2 Å². The Labute approximate surface area is 128 Å². The van der Waals surface area contributed by atoms with Crippen molar-refractivity contribution < 1.29 is 13.9 Å². The molecule has 2 aromatic carbocycles. The van der Waals surface area contributed by atoms with Gasteiger partial charge in [-0.2, -0.15) is 5.10 Å². The number of carbonyl (C=O) groups excluding carboxylic acids is 1. The summed E-state index contributed by atoms with van der Waals surface area (Å²) in [5.41, 5.74) is 5.53. The zero-order valence-electron chi connectivity index (χ0n) is 12.5. The number of ether oxygens (including phenoxy) is 1. The molecule has 0 aliphatic carbocycles. The minimum absolute atomic E-state index is 0.185. The van der Waals surface area contributed by atoms with Crippen LogP contribution in [0.3, 0.4) is 0 Å². The van der Waals surface area contributed by atoms with E-state index in [9.17, 15) is 9.18 Å². The molecule has 0 atom stereocenters. The Morgan fingerprint density at radius 2 is 1.95 bits per heavy atom. The summed E-state index contributed by atoms with van der Waals surface area (Å²) in [6.45, 7) is 3.78. The van der Waals surface area contributed by atoms with Crippen molar-refractivity contribution in [3.05, 3.63) is 65.0 Å². The number of benzene rings is 2. The fraction of sp³-hybridized carbons (Fsp3) is 0.176. The van der Waals surface area contributed by atoms with E-state index in [0.29, 0.717) is 5.75 Å². The SMILES string of the molecule is Cc1ccc(C)c(/C=N/NC(=O)COc2ccc(F)cc2)c1. The predicted octanol–water partition coefficient (Wildman–Crippen LogP) is 2.97. The summed E-state index contributed by atoms with van der Waals surface area (Å²) in [6.07, 6.45) is 1.60. The molecule has 0 radical (unpaired) electrons. The van der Waals surface area contributed by atoms with Crippen molar-refractivity contribution >= 4 is 12.1 Å². The van der Waals surface area contributed by atoms with Crippen molar-refractivity contribution in [3.63, 3.8) is 0 Å². The number of hydrogen-bond acceptors (Lipinski definition) is 3. The molecule has 1 amide bonds. The number of nitrogens with one attached hydrogen (secondary N) is 1. The van der Waals surface area contributed by atoms with Crippen LogP contribution in [0.5, 0.6) is 5.75 Å². The number of carbonyl (C=O) groups is 1. The van der Waals surface area contributed by atoms with Crippen LogP contribution in [-0.4, -0.2) is 18.7 Å². The van der Waals surface area contributed by atoms with Gasteiger partial charge in [0.2, 0.25) is 0 Å². The van der Waals surface area contributed by atoms with Gasteiger partial charge in [0.25, 0.3) is 5.91 Å². The molecule has 2 rings (SSSR count). The molecule has 0 heterocycles. The van der Waals surface area contributed by atoms with Gasteiger partial charge in [-0.25, -0.2) is 9.82 Å². The Kier molecular flexibility index (Phi) is 5.25. The van der Waals surface area contributed by atoms with E-state index >= 15 is 0 Å². The quantitative estimate of drug-likeness (QED) is 0.682. The Hall–Kier alpha value is -2.69. The van der Waals surface area contributed by atoms with Gasteiger partial charge >= 0.3 is 0 Å². The summed E-state index contributed by atoms with van der Waals surface area (Å²) in [5.74, 6) is -0.309. The number of halogens is 1. The highest BCUT2D eigenvalue weighted by atomic mass is 19.1. The average molecular weight is 300 g/mol. The lowest BCUT2D eigenvalue weighted by Crippen LogP contribution is -2.24. The zero-order valence-corrected chi connectivity index (χ0v) is 12.5. The van der Waals surface area contributed by atoms with E-state index in [1.54, 1.807) is 6.21 Å². The lowest BCUT2D eigenvalue weighted by Gasteiger charge is -2.05. The second kappa shape index (κ2) is 7.36. The van der Waals surface area contributed by atoms with Crippen LogP contribution in [0, 0.1) is 19.7 Å². The van der Waals surface area contributed by atoms with Gasteiger partial charge in [-0.1, -0.05) is 23.8 Å². The molecule has 2 aromatic rings. The molecule has 114 valence electrons. The summed E-state index contributed by atoms with van der Waals surface area (Å²) in [6, 6.07) is 11.5. The first-order valence-corrected chi connectivity index (χ1v) is 6.82. The van der Waals surface area contributed by atoms with Crippen LogP contribution >= 0.6 is 0 Å². The number of rotatable bonds is 5. The molecule has 0 bridgehead atoms. The molecular formula is C17H17FN2O2. The maximum Gasteiger partial charge on any atom is 0.277 e.